The molecule has 0 aliphatic heterocycles. The molecule has 0 amide bonds. The van der Waals surface area contributed by atoms with Gasteiger partial charge in [-0.2, -0.15) is 0 Å². The van der Waals surface area contributed by atoms with Gasteiger partial charge in [0.1, 0.15) is 0 Å². The summed E-state index contributed by atoms with van der Waals surface area (Å²) in [6, 6.07) is 20.2. The summed E-state index contributed by atoms with van der Waals surface area (Å²) < 4.78 is 0. The van der Waals surface area contributed by atoms with E-state index in [9.17, 15) is 0 Å². The molecule has 0 fully saturated rings. The van der Waals surface area contributed by atoms with Gasteiger partial charge in [-0.05, 0) is 57.3 Å². The van der Waals surface area contributed by atoms with Crippen molar-refractivity contribution < 1.29 is 0 Å². The predicted octanol–water partition coefficient (Wildman–Crippen LogP) is 4.70. The van der Waals surface area contributed by atoms with Crippen molar-refractivity contribution in [3.63, 3.8) is 0 Å². The van der Waals surface area contributed by atoms with Gasteiger partial charge in [0.2, 0.25) is 0 Å². The molecule has 4 aromatic rings. The second-order valence-electron chi connectivity index (χ2n) is 6.09. The fraction of sp³-hybridized carbons (Fsp3) is 0.100. The average molecular weight is 286 g/mol. The molecule has 102 valence electrons. The van der Waals surface area contributed by atoms with Crippen molar-refractivity contribution in [2.45, 2.75) is 13.8 Å². The molecule has 0 aromatic heterocycles. The molecule has 4 rings (SSSR count). The first-order chi connectivity index (χ1) is 10.2. The van der Waals surface area contributed by atoms with Crippen LogP contribution in [-0.4, -0.2) is 10.2 Å². The van der Waals surface area contributed by atoms with E-state index < -0.39 is 0 Å². The Morgan fingerprint density at radius 1 is 0.714 bits per heavy atom. The van der Waals surface area contributed by atoms with Crippen LogP contribution in [0.3, 0.4) is 0 Å². The summed E-state index contributed by atoms with van der Waals surface area (Å²) in [6.45, 7) is 4.51. The first-order valence-electron chi connectivity index (χ1n) is 7.48. The molecule has 0 heterocycles. The molecule has 0 N–H and O–H groups in total. The number of hydrogen-bond acceptors (Lipinski definition) is 0. The van der Waals surface area contributed by atoms with Crippen molar-refractivity contribution in [2.75, 3.05) is 0 Å². The highest BCUT2D eigenvalue weighted by Gasteiger charge is 2.11. The molecule has 0 bridgehead atoms. The second-order valence-corrected chi connectivity index (χ2v) is 7.59. The zero-order valence-corrected chi connectivity index (χ0v) is 14.7. The van der Waals surface area contributed by atoms with Gasteiger partial charge in [-0.25, -0.2) is 0 Å². The molecule has 0 saturated carbocycles. The molecule has 0 aliphatic rings. The quantitative estimate of drug-likeness (QED) is 0.351. The molecule has 0 saturated heterocycles. The van der Waals surface area contributed by atoms with Crippen LogP contribution in [0.15, 0.2) is 59.8 Å². The van der Waals surface area contributed by atoms with Crippen molar-refractivity contribution in [1.82, 2.24) is 0 Å². The molecule has 0 spiro atoms. The number of allylic oxidation sites excluding steroid dienone is 2. The molecule has 0 aliphatic carbocycles. The Labute approximate surface area is 127 Å². The van der Waals surface area contributed by atoms with Crippen LogP contribution >= 0.6 is 0 Å². The SMILES string of the molecule is CC([SiH3])=C(C)c1ccc2ccc3cccc4ccc1c2c34. The molecule has 0 atom stereocenters. The topological polar surface area (TPSA) is 0 Å². The van der Waals surface area contributed by atoms with Crippen molar-refractivity contribution in [2.24, 2.45) is 0 Å². The first-order valence-corrected chi connectivity index (χ1v) is 8.48. The van der Waals surface area contributed by atoms with Gasteiger partial charge in [-0.3, -0.25) is 0 Å². The minimum atomic E-state index is 1.12. The molecular formula is C20H18Si. The Balaban J connectivity index is 2.29. The summed E-state index contributed by atoms with van der Waals surface area (Å²) in [5.74, 6) is 0. The van der Waals surface area contributed by atoms with E-state index in [1.165, 1.54) is 48.7 Å². The standard InChI is InChI=1S/C20H18Si/c1-12(13(2)21)17-10-8-16-7-6-14-4-3-5-15-9-11-18(17)20(16)19(14)15/h3-11H,1-2,21H3. The summed E-state index contributed by atoms with van der Waals surface area (Å²) in [5, 5.41) is 9.77. The van der Waals surface area contributed by atoms with Crippen molar-refractivity contribution in [3.05, 3.63) is 65.4 Å². The molecule has 0 nitrogen and oxygen atoms in total. The third-order valence-electron chi connectivity index (χ3n) is 4.68. The number of rotatable bonds is 1. The second kappa shape index (κ2) is 4.44. The summed E-state index contributed by atoms with van der Waals surface area (Å²) in [4.78, 5) is 0. The molecule has 0 unspecified atom stereocenters. The van der Waals surface area contributed by atoms with E-state index in [1.807, 2.05) is 0 Å². The van der Waals surface area contributed by atoms with Crippen LogP contribution in [-0.2, 0) is 0 Å². The largest absolute Gasteiger partial charge is 0.0913 e. The maximum absolute atomic E-state index is 2.30. The van der Waals surface area contributed by atoms with E-state index in [0.717, 1.165) is 10.2 Å². The van der Waals surface area contributed by atoms with Gasteiger partial charge in [-0.1, -0.05) is 59.8 Å². The third-order valence-corrected chi connectivity index (χ3v) is 5.43. The number of hydrogen-bond donors (Lipinski definition) is 0. The smallest absolute Gasteiger partial charge is 0.0333 e. The molecule has 1 heteroatoms. The highest BCUT2D eigenvalue weighted by atomic mass is 28.1. The Bertz CT molecular complexity index is 989. The van der Waals surface area contributed by atoms with Gasteiger partial charge in [0.05, 0.1) is 0 Å². The average Bonchev–Trinajstić information content (AvgIpc) is 2.51. The van der Waals surface area contributed by atoms with Crippen LogP contribution in [0.1, 0.15) is 19.4 Å². The van der Waals surface area contributed by atoms with Crippen LogP contribution in [0, 0.1) is 0 Å². The maximum Gasteiger partial charge on any atom is 0.0333 e. The Kier molecular flexibility index (Phi) is 2.66. The Morgan fingerprint density at radius 2 is 1.29 bits per heavy atom. The maximum atomic E-state index is 2.30. The van der Waals surface area contributed by atoms with Crippen LogP contribution < -0.4 is 0 Å². The van der Waals surface area contributed by atoms with Crippen molar-refractivity contribution in [3.8, 4) is 0 Å². The van der Waals surface area contributed by atoms with Gasteiger partial charge in [-0.15, -0.1) is 0 Å². The molecule has 4 aromatic carbocycles. The lowest BCUT2D eigenvalue weighted by Crippen LogP contribution is -1.90. The van der Waals surface area contributed by atoms with E-state index in [4.69, 9.17) is 0 Å². The minimum Gasteiger partial charge on any atom is -0.0913 e. The Hall–Kier alpha value is -2.12. The van der Waals surface area contributed by atoms with Gasteiger partial charge in [0, 0.05) is 10.2 Å². The number of benzene rings is 4. The monoisotopic (exact) mass is 286 g/mol. The summed E-state index contributed by atoms with van der Waals surface area (Å²) in [6.07, 6.45) is 0. The van der Waals surface area contributed by atoms with E-state index in [0.29, 0.717) is 0 Å². The van der Waals surface area contributed by atoms with Gasteiger partial charge in [0.15, 0.2) is 0 Å². The third kappa shape index (κ3) is 1.74. The lowest BCUT2D eigenvalue weighted by Gasteiger charge is -2.15. The highest BCUT2D eigenvalue weighted by molar-refractivity contribution is 6.27. The lowest BCUT2D eigenvalue weighted by atomic mass is 9.90. The Morgan fingerprint density at radius 3 is 1.95 bits per heavy atom. The predicted molar refractivity (Wildman–Crippen MR) is 98.4 cm³/mol. The summed E-state index contributed by atoms with van der Waals surface area (Å²) in [7, 11) is 1.12. The van der Waals surface area contributed by atoms with Crippen LogP contribution in [0.4, 0.5) is 0 Å². The summed E-state index contributed by atoms with van der Waals surface area (Å²) >= 11 is 0. The van der Waals surface area contributed by atoms with Crippen molar-refractivity contribution >= 4 is 48.1 Å². The van der Waals surface area contributed by atoms with E-state index >= 15 is 0 Å². The van der Waals surface area contributed by atoms with E-state index in [-0.39, 0.29) is 0 Å². The fourth-order valence-corrected chi connectivity index (χ4v) is 3.60. The van der Waals surface area contributed by atoms with E-state index in [1.54, 1.807) is 0 Å². The molecular weight excluding hydrogens is 268 g/mol. The summed E-state index contributed by atoms with van der Waals surface area (Å²) in [5.41, 5.74) is 2.84. The van der Waals surface area contributed by atoms with Gasteiger partial charge < -0.3 is 0 Å². The molecule has 0 radical (unpaired) electrons. The zero-order chi connectivity index (χ0) is 14.6. The van der Waals surface area contributed by atoms with Crippen LogP contribution in [0.2, 0.25) is 0 Å². The van der Waals surface area contributed by atoms with Gasteiger partial charge in [0.25, 0.3) is 0 Å². The van der Waals surface area contributed by atoms with E-state index in [2.05, 4.69) is 68.4 Å². The zero-order valence-electron chi connectivity index (χ0n) is 12.7. The first kappa shape index (κ1) is 12.6. The van der Waals surface area contributed by atoms with Crippen LogP contribution in [0.5, 0.6) is 0 Å². The molecule has 21 heavy (non-hydrogen) atoms. The van der Waals surface area contributed by atoms with Gasteiger partial charge >= 0.3 is 0 Å². The fourth-order valence-electron chi connectivity index (χ4n) is 3.33. The van der Waals surface area contributed by atoms with Crippen molar-refractivity contribution in [1.29, 1.82) is 0 Å². The van der Waals surface area contributed by atoms with Crippen LogP contribution in [0.25, 0.3) is 37.9 Å². The highest BCUT2D eigenvalue weighted by Crippen LogP contribution is 2.37. The lowest BCUT2D eigenvalue weighted by molar-refractivity contribution is 1.56. The normalized spacial score (nSPS) is 13.4. The minimum absolute atomic E-state index is 1.12.